The van der Waals surface area contributed by atoms with E-state index in [0.29, 0.717) is 28.2 Å². The Hall–Kier alpha value is -2.44. The molecule has 1 aromatic carbocycles. The van der Waals surface area contributed by atoms with Crippen LogP contribution >= 0.6 is 11.3 Å². The molecule has 0 saturated heterocycles. The number of nitrogens with zero attached hydrogens (tertiary/aromatic N) is 3. The number of aliphatic hydroxyl groups is 1. The Morgan fingerprint density at radius 1 is 1.33 bits per heavy atom. The van der Waals surface area contributed by atoms with Crippen LogP contribution in [0.5, 0.6) is 5.75 Å². The Labute approximate surface area is 195 Å². The summed E-state index contributed by atoms with van der Waals surface area (Å²) >= 11 is 0.966. The maximum atomic E-state index is 13.6. The molecule has 33 heavy (non-hydrogen) atoms. The van der Waals surface area contributed by atoms with Gasteiger partial charge in [-0.2, -0.15) is 13.2 Å². The minimum atomic E-state index is -3.54. The van der Waals surface area contributed by atoms with Crippen LogP contribution in [0.15, 0.2) is 31.3 Å². The second-order valence-corrected chi connectivity index (χ2v) is 11.6. The number of aromatic nitrogens is 1. The number of ether oxygens (including phenoxy) is 1. The third-order valence-corrected chi connectivity index (χ3v) is 8.42. The zero-order chi connectivity index (χ0) is 24.6. The average Bonchev–Trinajstić information content (AvgIpc) is 3.19. The molecule has 12 heteroatoms. The summed E-state index contributed by atoms with van der Waals surface area (Å²) in [6, 6.07) is 2.03. The molecule has 0 saturated carbocycles. The molecular weight excluding hydrogens is 474 g/mol. The topological polar surface area (TPSA) is 113 Å². The molecule has 8 nitrogen and oxygen atoms in total. The molecule has 2 aromatic rings. The second kappa shape index (κ2) is 9.43. The summed E-state index contributed by atoms with van der Waals surface area (Å²) in [5.41, 5.74) is 0.344. The van der Waals surface area contributed by atoms with Crippen LogP contribution < -0.4 is 10.1 Å². The number of hydrogen-bond donors (Lipinski definition) is 2. The van der Waals surface area contributed by atoms with Crippen LogP contribution in [-0.4, -0.2) is 33.2 Å². The van der Waals surface area contributed by atoms with E-state index >= 15 is 0 Å². The van der Waals surface area contributed by atoms with Crippen molar-refractivity contribution in [3.63, 3.8) is 0 Å². The molecule has 2 amide bonds. The summed E-state index contributed by atoms with van der Waals surface area (Å²) < 4.78 is 52.0. The summed E-state index contributed by atoms with van der Waals surface area (Å²) in [6.07, 6.45) is 3.02. The Morgan fingerprint density at radius 3 is 2.61 bits per heavy atom. The molecule has 0 fully saturated rings. The van der Waals surface area contributed by atoms with Crippen LogP contribution in [0.1, 0.15) is 69.0 Å². The van der Waals surface area contributed by atoms with Gasteiger partial charge in [0.25, 0.3) is 0 Å². The zero-order valence-electron chi connectivity index (χ0n) is 18.8. The summed E-state index contributed by atoms with van der Waals surface area (Å²) in [7, 11) is -3.54. The van der Waals surface area contributed by atoms with Crippen molar-refractivity contribution in [3.8, 4) is 5.75 Å². The van der Waals surface area contributed by atoms with Gasteiger partial charge in [-0.15, -0.1) is 15.7 Å². The van der Waals surface area contributed by atoms with E-state index in [0.717, 1.165) is 11.3 Å². The Balaban J connectivity index is 2.13. The number of rotatable bonds is 5. The molecular formula is C21H26F2N4O4S2. The summed E-state index contributed by atoms with van der Waals surface area (Å²) in [5, 5.41) is 13.2. The van der Waals surface area contributed by atoms with Crippen LogP contribution in [0, 0.1) is 0 Å². The lowest BCUT2D eigenvalue weighted by Gasteiger charge is -2.23. The first-order valence-corrected chi connectivity index (χ1v) is 12.5. The van der Waals surface area contributed by atoms with Crippen LogP contribution in [0.4, 0.5) is 19.3 Å². The predicted octanol–water partition coefficient (Wildman–Crippen LogP) is 5.65. The minimum absolute atomic E-state index is 0.00732. The third kappa shape index (κ3) is 5.74. The molecule has 0 spiro atoms. The van der Waals surface area contributed by atoms with Gasteiger partial charge in [-0.05, 0) is 55.4 Å². The summed E-state index contributed by atoms with van der Waals surface area (Å²) in [5.74, 6) is -0.408. The number of thiazole rings is 1. The second-order valence-electron chi connectivity index (χ2n) is 8.50. The van der Waals surface area contributed by atoms with Crippen molar-refractivity contribution in [1.82, 2.24) is 4.98 Å². The number of carbonyl (C=O) groups excluding carboxylic acids is 1. The fourth-order valence-corrected chi connectivity index (χ4v) is 5.83. The van der Waals surface area contributed by atoms with Gasteiger partial charge >= 0.3 is 12.6 Å². The first-order chi connectivity index (χ1) is 15.3. The van der Waals surface area contributed by atoms with E-state index < -0.39 is 28.2 Å². The van der Waals surface area contributed by atoms with E-state index in [1.54, 1.807) is 13.8 Å². The monoisotopic (exact) mass is 500 g/mol. The van der Waals surface area contributed by atoms with E-state index in [1.165, 1.54) is 24.5 Å². The number of anilines is 1. The largest absolute Gasteiger partial charge is 0.435 e. The van der Waals surface area contributed by atoms with Crippen molar-refractivity contribution in [3.05, 3.63) is 34.5 Å². The molecule has 0 aliphatic carbocycles. The number of nitrogens with one attached hydrogen (secondary N) is 1. The van der Waals surface area contributed by atoms with Crippen molar-refractivity contribution < 1.29 is 27.6 Å². The highest BCUT2D eigenvalue weighted by atomic mass is 32.2. The average molecular weight is 501 g/mol. The highest BCUT2D eigenvalue weighted by Gasteiger charge is 2.27. The van der Waals surface area contributed by atoms with Gasteiger partial charge in [0.15, 0.2) is 9.92 Å². The molecule has 2 heterocycles. The van der Waals surface area contributed by atoms with E-state index in [4.69, 9.17) is 0 Å². The lowest BCUT2D eigenvalue weighted by atomic mass is 9.90. The molecule has 180 valence electrons. The third-order valence-electron chi connectivity index (χ3n) is 4.94. The van der Waals surface area contributed by atoms with Crippen LogP contribution in [0.2, 0.25) is 0 Å². The number of fused-ring (bicyclic) bond motifs is 1. The number of alkyl halides is 2. The van der Waals surface area contributed by atoms with Crippen molar-refractivity contribution in [1.29, 1.82) is 0 Å². The van der Waals surface area contributed by atoms with Gasteiger partial charge in [0.2, 0.25) is 0 Å². The van der Waals surface area contributed by atoms with E-state index in [-0.39, 0.29) is 21.8 Å². The lowest BCUT2D eigenvalue weighted by molar-refractivity contribution is -0.0499. The summed E-state index contributed by atoms with van der Waals surface area (Å²) in [4.78, 5) is 17.0. The molecule has 0 bridgehead atoms. The highest BCUT2D eigenvalue weighted by molar-refractivity contribution is 7.94. The van der Waals surface area contributed by atoms with Crippen molar-refractivity contribution in [2.75, 3.05) is 5.32 Å². The number of halogens is 2. The van der Waals surface area contributed by atoms with Gasteiger partial charge in [-0.1, -0.05) is 20.8 Å². The molecule has 2 unspecified atom stereocenters. The zero-order valence-corrected chi connectivity index (χ0v) is 20.5. The molecule has 3 rings (SSSR count). The number of hydrogen-bond acceptors (Lipinski definition) is 6. The molecule has 1 aromatic heterocycles. The predicted molar refractivity (Wildman–Crippen MR) is 124 cm³/mol. The maximum Gasteiger partial charge on any atom is 0.387 e. The van der Waals surface area contributed by atoms with Crippen LogP contribution in [0.3, 0.4) is 0 Å². The first kappa shape index (κ1) is 25.2. The Bertz CT molecular complexity index is 1200. The molecule has 0 radical (unpaired) electrons. The van der Waals surface area contributed by atoms with Gasteiger partial charge in [0, 0.05) is 11.9 Å². The number of carbonyl (C=O) groups is 1. The van der Waals surface area contributed by atoms with Gasteiger partial charge in [-0.25, -0.2) is 14.0 Å². The van der Waals surface area contributed by atoms with Gasteiger partial charge in [-0.3, -0.25) is 0 Å². The molecule has 1 aliphatic heterocycles. The normalized spacial score (nSPS) is 21.5. The number of urea groups is 1. The van der Waals surface area contributed by atoms with Crippen molar-refractivity contribution >= 4 is 39.2 Å². The minimum Gasteiger partial charge on any atom is -0.435 e. The SMILES string of the molecule is CC(C)c1cc(OC(F)F)cc2c1NC(=O)N=S(=O)(c1cnc(C(C)(C)O)s1)N=CCC2C. The molecule has 2 N–H and O–H groups in total. The van der Waals surface area contributed by atoms with E-state index in [2.05, 4.69) is 23.8 Å². The fraction of sp³-hybridized carbons (Fsp3) is 0.476. The fourth-order valence-electron chi connectivity index (χ4n) is 3.28. The first-order valence-electron chi connectivity index (χ1n) is 10.2. The van der Waals surface area contributed by atoms with Crippen molar-refractivity contribution in [2.24, 2.45) is 8.76 Å². The molecule has 2 atom stereocenters. The standard InChI is InChI=1S/C21H26F2N4O4S2/c1-11(2)14-8-13(31-19(22)23)9-15-12(3)6-7-25-33(30,27-20(28)26-17(14)15)16-10-24-18(32-16)21(4,5)29/h7-12,19,29H,6H2,1-5H3,(H,26,28). The van der Waals surface area contributed by atoms with E-state index in [1.807, 2.05) is 20.8 Å². The van der Waals surface area contributed by atoms with Gasteiger partial charge in [0.1, 0.15) is 20.6 Å². The molecule has 1 aliphatic rings. The smallest absolute Gasteiger partial charge is 0.387 e. The maximum absolute atomic E-state index is 13.6. The Morgan fingerprint density at radius 2 is 2.03 bits per heavy atom. The van der Waals surface area contributed by atoms with Gasteiger partial charge < -0.3 is 15.2 Å². The van der Waals surface area contributed by atoms with Crippen LogP contribution in [0.25, 0.3) is 0 Å². The van der Waals surface area contributed by atoms with Crippen molar-refractivity contribution in [2.45, 2.75) is 69.3 Å². The van der Waals surface area contributed by atoms with Crippen LogP contribution in [-0.2, 0) is 15.5 Å². The van der Waals surface area contributed by atoms with E-state index in [9.17, 15) is 22.9 Å². The number of benzene rings is 1. The quantitative estimate of drug-likeness (QED) is 0.551. The summed E-state index contributed by atoms with van der Waals surface area (Å²) in [6.45, 7) is 5.65. The lowest BCUT2D eigenvalue weighted by Crippen LogP contribution is -2.16. The highest BCUT2D eigenvalue weighted by Crippen LogP contribution is 2.39. The van der Waals surface area contributed by atoms with Gasteiger partial charge in [0.05, 0.1) is 6.20 Å². The number of amides is 2. The Kier molecular flexibility index (Phi) is 7.20.